The van der Waals surface area contributed by atoms with Crippen molar-refractivity contribution in [2.24, 2.45) is 4.99 Å². The molecule has 132 valence electrons. The molecule has 6 nitrogen and oxygen atoms in total. The molecule has 1 fully saturated rings. The van der Waals surface area contributed by atoms with Gasteiger partial charge in [-0.05, 0) is 39.8 Å². The highest BCUT2D eigenvalue weighted by molar-refractivity contribution is 5.88. The summed E-state index contributed by atoms with van der Waals surface area (Å²) >= 11 is 0. The summed E-state index contributed by atoms with van der Waals surface area (Å²) in [6.45, 7) is 10.2. The Kier molecular flexibility index (Phi) is 5.80. The van der Waals surface area contributed by atoms with E-state index in [0.717, 1.165) is 31.2 Å². The van der Waals surface area contributed by atoms with Crippen LogP contribution in [0.4, 0.5) is 0 Å². The molecule has 2 heterocycles. The number of carbonyl (C=O) groups is 1. The fourth-order valence-corrected chi connectivity index (χ4v) is 3.49. The molecule has 1 amide bonds. The Morgan fingerprint density at radius 2 is 2.17 bits per heavy atom. The van der Waals surface area contributed by atoms with Crippen molar-refractivity contribution in [3.8, 4) is 0 Å². The molecule has 0 radical (unpaired) electrons. The molecule has 0 spiro atoms. The summed E-state index contributed by atoms with van der Waals surface area (Å²) < 4.78 is 0. The lowest BCUT2D eigenvalue weighted by Gasteiger charge is -2.49. The van der Waals surface area contributed by atoms with Crippen molar-refractivity contribution in [3.63, 3.8) is 0 Å². The summed E-state index contributed by atoms with van der Waals surface area (Å²) in [6, 6.07) is 6.12. The molecule has 1 aromatic rings. The molecular formula is C18H29N5O. The summed E-state index contributed by atoms with van der Waals surface area (Å²) in [5.74, 6) is 0.921. The van der Waals surface area contributed by atoms with Gasteiger partial charge in [0.2, 0.25) is 5.91 Å². The van der Waals surface area contributed by atoms with E-state index in [1.807, 2.05) is 28.0 Å². The van der Waals surface area contributed by atoms with Crippen molar-refractivity contribution >= 4 is 11.9 Å². The zero-order valence-corrected chi connectivity index (χ0v) is 15.4. The van der Waals surface area contributed by atoms with Gasteiger partial charge in [0.15, 0.2) is 5.96 Å². The molecule has 0 bridgehead atoms. The molecule has 1 N–H and O–H groups in total. The quantitative estimate of drug-likeness (QED) is 0.671. The van der Waals surface area contributed by atoms with E-state index in [0.29, 0.717) is 6.54 Å². The molecule has 0 saturated carbocycles. The highest BCUT2D eigenvalue weighted by atomic mass is 16.2. The van der Waals surface area contributed by atoms with Gasteiger partial charge in [-0.2, -0.15) is 0 Å². The number of aromatic nitrogens is 1. The number of rotatable bonds is 4. The lowest BCUT2D eigenvalue weighted by Crippen LogP contribution is -2.66. The van der Waals surface area contributed by atoms with Gasteiger partial charge in [-0.25, -0.2) is 0 Å². The third-order valence-corrected chi connectivity index (χ3v) is 4.24. The normalized spacial score (nSPS) is 18.2. The van der Waals surface area contributed by atoms with Crippen molar-refractivity contribution in [1.82, 2.24) is 20.1 Å². The fraction of sp³-hybridized carbons (Fsp3) is 0.611. The minimum Gasteiger partial charge on any atom is -0.356 e. The molecule has 0 aliphatic carbocycles. The van der Waals surface area contributed by atoms with E-state index in [-0.39, 0.29) is 17.5 Å². The van der Waals surface area contributed by atoms with E-state index in [1.165, 1.54) is 0 Å². The highest BCUT2D eigenvalue weighted by Crippen LogP contribution is 2.24. The second-order valence-electron chi connectivity index (χ2n) is 7.07. The first-order chi connectivity index (χ1) is 11.3. The largest absolute Gasteiger partial charge is 0.356 e. The van der Waals surface area contributed by atoms with E-state index >= 15 is 0 Å². The number of nitrogens with zero attached hydrogens (tertiary/aromatic N) is 4. The van der Waals surface area contributed by atoms with Gasteiger partial charge in [-0.1, -0.05) is 6.07 Å². The lowest BCUT2D eigenvalue weighted by molar-refractivity contribution is -0.145. The Bertz CT molecular complexity index is 582. The zero-order valence-electron chi connectivity index (χ0n) is 15.4. The molecule has 1 aromatic heterocycles. The summed E-state index contributed by atoms with van der Waals surface area (Å²) in [5.41, 5.74) is 0.823. The Hall–Kier alpha value is -2.11. The topological polar surface area (TPSA) is 60.8 Å². The maximum Gasteiger partial charge on any atom is 0.242 e. The van der Waals surface area contributed by atoms with Gasteiger partial charge >= 0.3 is 0 Å². The van der Waals surface area contributed by atoms with Crippen molar-refractivity contribution in [2.75, 3.05) is 26.7 Å². The van der Waals surface area contributed by atoms with Crippen LogP contribution >= 0.6 is 0 Å². The molecule has 1 aliphatic rings. The molecule has 1 saturated heterocycles. The lowest BCUT2D eigenvalue weighted by atomic mass is 9.96. The first-order valence-electron chi connectivity index (χ1n) is 8.53. The SMILES string of the molecule is CN=C(NCCc1ccccn1)N1CC(=O)N(C(C)C)C(C)(C)C1. The molecular weight excluding hydrogens is 302 g/mol. The van der Waals surface area contributed by atoms with Crippen molar-refractivity contribution in [2.45, 2.75) is 45.7 Å². The van der Waals surface area contributed by atoms with Gasteiger partial charge in [0, 0.05) is 44.5 Å². The van der Waals surface area contributed by atoms with Crippen molar-refractivity contribution < 1.29 is 4.79 Å². The standard InChI is InChI=1S/C18H29N5O/c1-14(2)23-16(24)12-22(13-18(23,3)4)17(19-5)21-11-9-15-8-6-7-10-20-15/h6-8,10,14H,9,11-13H2,1-5H3,(H,19,21). The minimum absolute atomic E-state index is 0.147. The Morgan fingerprint density at radius 1 is 1.42 bits per heavy atom. The van der Waals surface area contributed by atoms with E-state index < -0.39 is 0 Å². The van der Waals surface area contributed by atoms with Gasteiger partial charge in [0.25, 0.3) is 0 Å². The maximum atomic E-state index is 12.6. The average Bonchev–Trinajstić information content (AvgIpc) is 2.50. The molecule has 0 aromatic carbocycles. The number of carbonyl (C=O) groups excluding carboxylic acids is 1. The zero-order chi connectivity index (χ0) is 17.7. The first kappa shape index (κ1) is 18.2. The van der Waals surface area contributed by atoms with Crippen LogP contribution in [0.5, 0.6) is 0 Å². The van der Waals surface area contributed by atoms with Crippen LogP contribution in [0.1, 0.15) is 33.4 Å². The average molecular weight is 331 g/mol. The number of amides is 1. The number of hydrogen-bond donors (Lipinski definition) is 1. The van der Waals surface area contributed by atoms with Crippen molar-refractivity contribution in [3.05, 3.63) is 30.1 Å². The van der Waals surface area contributed by atoms with Crippen molar-refractivity contribution in [1.29, 1.82) is 0 Å². The Labute approximate surface area is 145 Å². The van der Waals surface area contributed by atoms with E-state index in [1.54, 1.807) is 13.2 Å². The van der Waals surface area contributed by atoms with E-state index in [2.05, 4.69) is 43.0 Å². The maximum absolute atomic E-state index is 12.6. The predicted molar refractivity (Wildman–Crippen MR) is 96.9 cm³/mol. The van der Waals surface area contributed by atoms with Gasteiger partial charge in [-0.15, -0.1) is 0 Å². The van der Waals surface area contributed by atoms with E-state index in [9.17, 15) is 4.79 Å². The van der Waals surface area contributed by atoms with Crippen LogP contribution < -0.4 is 5.32 Å². The van der Waals surface area contributed by atoms with Gasteiger partial charge in [0.05, 0.1) is 12.1 Å². The third kappa shape index (κ3) is 4.24. The van der Waals surface area contributed by atoms with Gasteiger partial charge < -0.3 is 15.1 Å². The second-order valence-corrected chi connectivity index (χ2v) is 7.07. The van der Waals surface area contributed by atoms with Crippen LogP contribution in [0, 0.1) is 0 Å². The number of hydrogen-bond acceptors (Lipinski definition) is 3. The summed E-state index contributed by atoms with van der Waals surface area (Å²) in [6.07, 6.45) is 2.62. The van der Waals surface area contributed by atoms with Crippen LogP contribution in [0.3, 0.4) is 0 Å². The third-order valence-electron chi connectivity index (χ3n) is 4.24. The number of pyridine rings is 1. The van der Waals surface area contributed by atoms with Gasteiger partial charge in [-0.3, -0.25) is 14.8 Å². The molecule has 0 unspecified atom stereocenters. The van der Waals surface area contributed by atoms with Crippen LogP contribution in [-0.4, -0.2) is 64.9 Å². The summed E-state index contributed by atoms with van der Waals surface area (Å²) in [7, 11) is 1.76. The molecule has 1 aliphatic heterocycles. The second kappa shape index (κ2) is 7.64. The number of piperazine rings is 1. The number of guanidine groups is 1. The molecule has 6 heteroatoms. The van der Waals surface area contributed by atoms with Crippen LogP contribution in [-0.2, 0) is 11.2 Å². The van der Waals surface area contributed by atoms with E-state index in [4.69, 9.17) is 0 Å². The summed E-state index contributed by atoms with van der Waals surface area (Å²) in [4.78, 5) is 25.3. The summed E-state index contributed by atoms with van der Waals surface area (Å²) in [5, 5.41) is 3.36. The van der Waals surface area contributed by atoms with Crippen LogP contribution in [0.2, 0.25) is 0 Å². The fourth-order valence-electron chi connectivity index (χ4n) is 3.49. The Morgan fingerprint density at radius 3 is 2.71 bits per heavy atom. The first-order valence-corrected chi connectivity index (χ1v) is 8.53. The number of aliphatic imine (C=N–C) groups is 1. The minimum atomic E-state index is -0.220. The molecule has 2 rings (SSSR count). The molecule has 0 atom stereocenters. The van der Waals surface area contributed by atoms with Gasteiger partial charge in [0.1, 0.15) is 0 Å². The van der Waals surface area contributed by atoms with Crippen LogP contribution in [0.25, 0.3) is 0 Å². The highest BCUT2D eigenvalue weighted by Gasteiger charge is 2.40. The Balaban J connectivity index is 1.97. The smallest absolute Gasteiger partial charge is 0.242 e. The predicted octanol–water partition coefficient (Wildman–Crippen LogP) is 1.53. The van der Waals surface area contributed by atoms with Crippen LogP contribution in [0.15, 0.2) is 29.4 Å². The monoisotopic (exact) mass is 331 g/mol. The number of nitrogens with one attached hydrogen (secondary N) is 1. The molecule has 24 heavy (non-hydrogen) atoms.